The number of unbranched alkanes of at least 4 members (excludes halogenated alkanes) is 1. The van der Waals surface area contributed by atoms with Crippen molar-refractivity contribution < 1.29 is 0 Å². The first-order valence-corrected chi connectivity index (χ1v) is 11.5. The molecule has 0 fully saturated rings. The van der Waals surface area contributed by atoms with Gasteiger partial charge in [0, 0.05) is 16.7 Å². The van der Waals surface area contributed by atoms with Gasteiger partial charge < -0.3 is 0 Å². The van der Waals surface area contributed by atoms with E-state index in [1.807, 2.05) is 41.0 Å². The maximum absolute atomic E-state index is 14.0. The Balaban J connectivity index is 2.01. The van der Waals surface area contributed by atoms with E-state index in [4.69, 9.17) is 4.98 Å². The number of aromatic nitrogens is 2. The second kappa shape index (κ2) is 8.19. The Morgan fingerprint density at radius 3 is 2.52 bits per heavy atom. The highest BCUT2D eigenvalue weighted by molar-refractivity contribution is 7.99. The first-order chi connectivity index (χ1) is 14.1. The fourth-order valence-electron chi connectivity index (χ4n) is 4.17. The molecule has 1 aliphatic carbocycles. The molecule has 0 radical (unpaired) electrons. The smallest absolute Gasteiger partial charge is 0.263 e. The molecular weight excluding hydrogens is 376 g/mol. The van der Waals surface area contributed by atoms with Gasteiger partial charge in [-0.3, -0.25) is 9.36 Å². The van der Waals surface area contributed by atoms with Crippen LogP contribution in [0.25, 0.3) is 16.9 Å². The number of benzene rings is 2. The van der Waals surface area contributed by atoms with Crippen molar-refractivity contribution in [3.8, 4) is 16.9 Å². The van der Waals surface area contributed by atoms with E-state index in [0.717, 1.165) is 59.1 Å². The fraction of sp³-hybridized carbons (Fsp3) is 0.360. The van der Waals surface area contributed by atoms with Gasteiger partial charge in [-0.25, -0.2) is 4.98 Å². The summed E-state index contributed by atoms with van der Waals surface area (Å²) in [7, 11) is 0. The molecule has 0 saturated heterocycles. The Labute approximate surface area is 177 Å². The van der Waals surface area contributed by atoms with Crippen LogP contribution in [-0.4, -0.2) is 15.3 Å². The van der Waals surface area contributed by atoms with Crippen LogP contribution >= 0.6 is 11.8 Å². The van der Waals surface area contributed by atoms with Crippen LogP contribution in [0.3, 0.4) is 0 Å². The molecule has 3 nitrogen and oxygen atoms in total. The second-order valence-electron chi connectivity index (χ2n) is 8.04. The molecule has 1 heterocycles. The maximum Gasteiger partial charge on any atom is 0.263 e. The first-order valence-electron chi connectivity index (χ1n) is 10.5. The third-order valence-corrected chi connectivity index (χ3v) is 7.06. The molecule has 0 spiro atoms. The molecule has 4 heteroatoms. The molecule has 1 aliphatic rings. The summed E-state index contributed by atoms with van der Waals surface area (Å²) in [4.78, 5) is 19.1. The Hall–Kier alpha value is -2.33. The number of rotatable bonds is 6. The second-order valence-corrected chi connectivity index (χ2v) is 9.11. The lowest BCUT2D eigenvalue weighted by Crippen LogP contribution is -2.39. The SMILES string of the molecule is CCCCSc1nc2c(c(=O)n1-c1ccccc1)C(C)(CC)Cc1ccccc1-2. The highest BCUT2D eigenvalue weighted by Crippen LogP contribution is 2.43. The van der Waals surface area contributed by atoms with Crippen molar-refractivity contribution in [1.29, 1.82) is 0 Å². The van der Waals surface area contributed by atoms with E-state index in [1.54, 1.807) is 11.8 Å². The van der Waals surface area contributed by atoms with Gasteiger partial charge in [-0.15, -0.1) is 0 Å². The number of nitrogens with zero attached hydrogens (tertiary/aromatic N) is 2. The van der Waals surface area contributed by atoms with Crippen molar-refractivity contribution in [2.45, 2.75) is 57.0 Å². The van der Waals surface area contributed by atoms with E-state index in [2.05, 4.69) is 39.0 Å². The van der Waals surface area contributed by atoms with Crippen LogP contribution in [0.5, 0.6) is 0 Å². The number of fused-ring (bicyclic) bond motifs is 3. The summed E-state index contributed by atoms with van der Waals surface area (Å²) in [6.45, 7) is 6.58. The average Bonchev–Trinajstić information content (AvgIpc) is 2.74. The van der Waals surface area contributed by atoms with E-state index in [-0.39, 0.29) is 11.0 Å². The topological polar surface area (TPSA) is 34.9 Å². The molecule has 1 unspecified atom stereocenters. The Kier molecular flexibility index (Phi) is 5.64. The zero-order chi connectivity index (χ0) is 20.4. The summed E-state index contributed by atoms with van der Waals surface area (Å²) in [6.07, 6.45) is 4.02. The summed E-state index contributed by atoms with van der Waals surface area (Å²) in [5, 5.41) is 0.795. The monoisotopic (exact) mass is 404 g/mol. The van der Waals surface area contributed by atoms with Crippen molar-refractivity contribution in [1.82, 2.24) is 9.55 Å². The molecule has 0 aliphatic heterocycles. The third-order valence-electron chi connectivity index (χ3n) is 6.03. The highest BCUT2D eigenvalue weighted by Gasteiger charge is 2.38. The predicted molar refractivity (Wildman–Crippen MR) is 122 cm³/mol. The largest absolute Gasteiger partial charge is 0.268 e. The van der Waals surface area contributed by atoms with Gasteiger partial charge >= 0.3 is 0 Å². The van der Waals surface area contributed by atoms with Crippen LogP contribution in [0.4, 0.5) is 0 Å². The molecule has 4 rings (SSSR count). The summed E-state index contributed by atoms with van der Waals surface area (Å²) >= 11 is 1.69. The molecule has 29 heavy (non-hydrogen) atoms. The van der Waals surface area contributed by atoms with Crippen molar-refractivity contribution in [3.63, 3.8) is 0 Å². The molecule has 0 amide bonds. The normalized spacial score (nSPS) is 17.6. The molecule has 0 saturated carbocycles. The minimum atomic E-state index is -0.211. The number of para-hydroxylation sites is 1. The predicted octanol–water partition coefficient (Wildman–Crippen LogP) is 6.02. The average molecular weight is 405 g/mol. The van der Waals surface area contributed by atoms with E-state index in [0.29, 0.717) is 0 Å². The zero-order valence-corrected chi connectivity index (χ0v) is 18.3. The van der Waals surface area contributed by atoms with Gasteiger partial charge in [0.1, 0.15) is 0 Å². The summed E-state index contributed by atoms with van der Waals surface area (Å²) in [6, 6.07) is 18.4. The maximum atomic E-state index is 14.0. The quantitative estimate of drug-likeness (QED) is 0.286. The Bertz CT molecular complexity index is 1070. The molecule has 3 aromatic rings. The zero-order valence-electron chi connectivity index (χ0n) is 17.4. The Morgan fingerprint density at radius 1 is 1.07 bits per heavy atom. The molecule has 1 aromatic heterocycles. The fourth-order valence-corrected chi connectivity index (χ4v) is 5.25. The Morgan fingerprint density at radius 2 is 1.79 bits per heavy atom. The summed E-state index contributed by atoms with van der Waals surface area (Å²) < 4.78 is 1.83. The van der Waals surface area contributed by atoms with E-state index < -0.39 is 0 Å². The summed E-state index contributed by atoms with van der Waals surface area (Å²) in [5.41, 5.74) is 4.91. The van der Waals surface area contributed by atoms with Crippen molar-refractivity contribution in [3.05, 3.63) is 76.1 Å². The summed E-state index contributed by atoms with van der Waals surface area (Å²) in [5.74, 6) is 0.960. The molecular formula is C25H28N2OS. The van der Waals surface area contributed by atoms with E-state index >= 15 is 0 Å². The lowest BCUT2D eigenvalue weighted by molar-refractivity contribution is 0.435. The van der Waals surface area contributed by atoms with Gasteiger partial charge in [0.15, 0.2) is 5.16 Å². The minimum absolute atomic E-state index is 0.0825. The first kappa shape index (κ1) is 20.0. The van der Waals surface area contributed by atoms with Crippen LogP contribution < -0.4 is 5.56 Å². The van der Waals surface area contributed by atoms with Crippen LogP contribution in [0, 0.1) is 0 Å². The van der Waals surface area contributed by atoms with Crippen molar-refractivity contribution >= 4 is 11.8 Å². The minimum Gasteiger partial charge on any atom is -0.268 e. The third kappa shape index (κ3) is 3.55. The number of hydrogen-bond donors (Lipinski definition) is 0. The molecule has 1 atom stereocenters. The molecule has 0 bridgehead atoms. The van der Waals surface area contributed by atoms with Gasteiger partial charge in [-0.05, 0) is 37.0 Å². The highest BCUT2D eigenvalue weighted by atomic mass is 32.2. The van der Waals surface area contributed by atoms with E-state index in [1.165, 1.54) is 5.56 Å². The number of hydrogen-bond acceptors (Lipinski definition) is 3. The van der Waals surface area contributed by atoms with Crippen LogP contribution in [-0.2, 0) is 11.8 Å². The van der Waals surface area contributed by atoms with Crippen LogP contribution in [0.15, 0.2) is 64.5 Å². The van der Waals surface area contributed by atoms with Crippen LogP contribution in [0.1, 0.15) is 51.2 Å². The lowest BCUT2D eigenvalue weighted by atomic mass is 9.69. The van der Waals surface area contributed by atoms with E-state index in [9.17, 15) is 4.79 Å². The lowest BCUT2D eigenvalue weighted by Gasteiger charge is -2.35. The van der Waals surface area contributed by atoms with Gasteiger partial charge in [0.25, 0.3) is 5.56 Å². The van der Waals surface area contributed by atoms with Gasteiger partial charge in [0.05, 0.1) is 16.9 Å². The van der Waals surface area contributed by atoms with Gasteiger partial charge in [-0.1, -0.05) is 81.4 Å². The molecule has 150 valence electrons. The van der Waals surface area contributed by atoms with Gasteiger partial charge in [0.2, 0.25) is 0 Å². The molecule has 2 aromatic carbocycles. The van der Waals surface area contributed by atoms with Gasteiger partial charge in [-0.2, -0.15) is 0 Å². The number of thioether (sulfide) groups is 1. The van der Waals surface area contributed by atoms with Crippen LogP contribution in [0.2, 0.25) is 0 Å². The van der Waals surface area contributed by atoms with Crippen molar-refractivity contribution in [2.24, 2.45) is 0 Å². The molecule has 0 N–H and O–H groups in total. The van der Waals surface area contributed by atoms with Crippen molar-refractivity contribution in [2.75, 3.05) is 5.75 Å². The standard InChI is InChI=1S/C25H28N2OS/c1-4-6-16-29-24-26-22-20-15-11-10-12-18(20)17-25(3,5-2)21(22)23(28)27(24)19-13-8-7-9-14-19/h7-15H,4-6,16-17H2,1-3H3.